The van der Waals surface area contributed by atoms with Crippen LogP contribution in [0.5, 0.6) is 0 Å². The van der Waals surface area contributed by atoms with Gasteiger partial charge in [0.2, 0.25) is 11.1 Å². The number of nitrogens with one attached hydrogen (secondary N) is 1. The monoisotopic (exact) mass is 366 g/mol. The van der Waals surface area contributed by atoms with Gasteiger partial charge in [-0.1, -0.05) is 73.3 Å². The van der Waals surface area contributed by atoms with Gasteiger partial charge in [-0.05, 0) is 17.5 Å². The van der Waals surface area contributed by atoms with E-state index in [0.717, 1.165) is 17.5 Å². The standard InChI is InChI=1S/C20H22N4OS/c1-4-14-10-12-16(13-11-14)18-21-20(23-22-18)26-17(19(25)24(2)3)15-8-6-5-7-9-15/h5-13,17H,4H2,1-3H3,(H,21,22,23). The molecule has 134 valence electrons. The maximum absolute atomic E-state index is 12.6. The Morgan fingerprint density at radius 2 is 1.81 bits per heavy atom. The molecule has 3 aromatic rings. The number of rotatable bonds is 6. The Morgan fingerprint density at radius 1 is 1.12 bits per heavy atom. The number of carbonyl (C=O) groups is 1. The first-order chi connectivity index (χ1) is 12.6. The smallest absolute Gasteiger partial charge is 0.240 e. The molecule has 1 atom stereocenters. The molecule has 0 saturated heterocycles. The maximum atomic E-state index is 12.6. The number of aromatic amines is 1. The fraction of sp³-hybridized carbons (Fsp3) is 0.250. The number of carbonyl (C=O) groups excluding carboxylic acids is 1. The number of H-pyrrole nitrogens is 1. The first-order valence-electron chi connectivity index (χ1n) is 8.53. The predicted octanol–water partition coefficient (Wildman–Crippen LogP) is 3.96. The van der Waals surface area contributed by atoms with Gasteiger partial charge >= 0.3 is 0 Å². The minimum Gasteiger partial charge on any atom is -0.348 e. The highest BCUT2D eigenvalue weighted by molar-refractivity contribution is 8.00. The van der Waals surface area contributed by atoms with Crippen molar-refractivity contribution in [3.63, 3.8) is 0 Å². The van der Waals surface area contributed by atoms with Crippen LogP contribution < -0.4 is 0 Å². The Kier molecular flexibility index (Phi) is 5.73. The van der Waals surface area contributed by atoms with Crippen molar-refractivity contribution < 1.29 is 4.79 Å². The molecule has 0 aliphatic heterocycles. The molecule has 1 unspecified atom stereocenters. The molecule has 0 bridgehead atoms. The van der Waals surface area contributed by atoms with Gasteiger partial charge < -0.3 is 4.90 Å². The van der Waals surface area contributed by atoms with E-state index in [-0.39, 0.29) is 11.2 Å². The minimum absolute atomic E-state index is 0.0137. The fourth-order valence-electron chi connectivity index (χ4n) is 2.56. The van der Waals surface area contributed by atoms with Crippen LogP contribution in [0.25, 0.3) is 11.4 Å². The molecule has 2 aromatic carbocycles. The van der Waals surface area contributed by atoms with Crippen LogP contribution in [0.1, 0.15) is 23.3 Å². The molecule has 0 aliphatic carbocycles. The van der Waals surface area contributed by atoms with Crippen molar-refractivity contribution in [1.82, 2.24) is 20.1 Å². The van der Waals surface area contributed by atoms with E-state index in [1.54, 1.807) is 19.0 Å². The summed E-state index contributed by atoms with van der Waals surface area (Å²) in [6.45, 7) is 2.13. The Labute approximate surface area is 157 Å². The van der Waals surface area contributed by atoms with Crippen LogP contribution in [0, 0.1) is 0 Å². The van der Waals surface area contributed by atoms with Crippen LogP contribution in [0.15, 0.2) is 59.8 Å². The first-order valence-corrected chi connectivity index (χ1v) is 9.41. The highest BCUT2D eigenvalue weighted by Gasteiger charge is 2.25. The van der Waals surface area contributed by atoms with Crippen molar-refractivity contribution in [1.29, 1.82) is 0 Å². The first kappa shape index (κ1) is 18.2. The van der Waals surface area contributed by atoms with E-state index in [9.17, 15) is 4.79 Å². The number of thioether (sulfide) groups is 1. The molecule has 1 heterocycles. The molecular weight excluding hydrogens is 344 g/mol. The average Bonchev–Trinajstić information content (AvgIpc) is 3.15. The van der Waals surface area contributed by atoms with E-state index in [1.807, 2.05) is 42.5 Å². The molecule has 1 N–H and O–H groups in total. The van der Waals surface area contributed by atoms with Gasteiger partial charge in [0.05, 0.1) is 0 Å². The second kappa shape index (κ2) is 8.19. The molecule has 0 radical (unpaired) electrons. The number of hydrogen-bond acceptors (Lipinski definition) is 4. The third-order valence-electron chi connectivity index (χ3n) is 4.09. The van der Waals surface area contributed by atoms with Crippen LogP contribution in [0.4, 0.5) is 0 Å². The number of nitrogens with zero attached hydrogens (tertiary/aromatic N) is 3. The maximum Gasteiger partial charge on any atom is 0.240 e. The third-order valence-corrected chi connectivity index (χ3v) is 5.19. The van der Waals surface area contributed by atoms with Crippen LogP contribution in [-0.4, -0.2) is 40.1 Å². The second-order valence-electron chi connectivity index (χ2n) is 6.16. The van der Waals surface area contributed by atoms with E-state index in [2.05, 4.69) is 34.2 Å². The summed E-state index contributed by atoms with van der Waals surface area (Å²) in [5, 5.41) is 7.46. The Morgan fingerprint density at radius 3 is 2.42 bits per heavy atom. The van der Waals surface area contributed by atoms with Gasteiger partial charge in [0.15, 0.2) is 5.82 Å². The molecule has 0 aliphatic rings. The lowest BCUT2D eigenvalue weighted by molar-refractivity contribution is -0.128. The Hall–Kier alpha value is -2.60. The molecule has 0 saturated carbocycles. The highest BCUT2D eigenvalue weighted by atomic mass is 32.2. The van der Waals surface area contributed by atoms with Crippen molar-refractivity contribution in [2.75, 3.05) is 14.1 Å². The molecule has 5 nitrogen and oxygen atoms in total. The number of aryl methyl sites for hydroxylation is 1. The molecule has 0 fully saturated rings. The zero-order valence-electron chi connectivity index (χ0n) is 15.1. The molecule has 26 heavy (non-hydrogen) atoms. The molecule has 1 aromatic heterocycles. The Bertz CT molecular complexity index is 859. The van der Waals surface area contributed by atoms with E-state index in [4.69, 9.17) is 0 Å². The van der Waals surface area contributed by atoms with E-state index >= 15 is 0 Å². The third kappa shape index (κ3) is 4.14. The second-order valence-corrected chi connectivity index (χ2v) is 7.23. The molecule has 0 spiro atoms. The Balaban J connectivity index is 1.83. The quantitative estimate of drug-likeness (QED) is 0.671. The highest BCUT2D eigenvalue weighted by Crippen LogP contribution is 2.35. The summed E-state index contributed by atoms with van der Waals surface area (Å²) in [7, 11) is 3.52. The summed E-state index contributed by atoms with van der Waals surface area (Å²) >= 11 is 1.36. The fourth-order valence-corrected chi connectivity index (χ4v) is 3.61. The van der Waals surface area contributed by atoms with Crippen LogP contribution in [0.2, 0.25) is 0 Å². The lowest BCUT2D eigenvalue weighted by Crippen LogP contribution is -2.26. The van der Waals surface area contributed by atoms with Crippen molar-refractivity contribution >= 4 is 17.7 Å². The molecule has 6 heteroatoms. The number of hydrogen-bond donors (Lipinski definition) is 1. The average molecular weight is 366 g/mol. The van der Waals surface area contributed by atoms with Gasteiger partial charge in [0, 0.05) is 19.7 Å². The zero-order chi connectivity index (χ0) is 18.5. The molecule has 1 amide bonds. The number of aromatic nitrogens is 3. The van der Waals surface area contributed by atoms with Gasteiger partial charge in [-0.3, -0.25) is 9.89 Å². The van der Waals surface area contributed by atoms with Gasteiger partial charge in [0.25, 0.3) is 0 Å². The van der Waals surface area contributed by atoms with E-state index in [0.29, 0.717) is 11.0 Å². The van der Waals surface area contributed by atoms with Gasteiger partial charge in [-0.15, -0.1) is 5.10 Å². The summed E-state index contributed by atoms with van der Waals surface area (Å²) in [5.41, 5.74) is 3.20. The van der Waals surface area contributed by atoms with Crippen molar-refractivity contribution in [3.8, 4) is 11.4 Å². The summed E-state index contributed by atoms with van der Waals surface area (Å²) in [6, 6.07) is 18.0. The van der Waals surface area contributed by atoms with E-state index < -0.39 is 0 Å². The summed E-state index contributed by atoms with van der Waals surface area (Å²) in [6.07, 6.45) is 1.00. The number of amides is 1. The molecular formula is C20H22N4OS. The van der Waals surface area contributed by atoms with Crippen molar-refractivity contribution in [3.05, 3.63) is 65.7 Å². The summed E-state index contributed by atoms with van der Waals surface area (Å²) in [5.74, 6) is 0.721. The molecule has 3 rings (SSSR count). The summed E-state index contributed by atoms with van der Waals surface area (Å²) < 4.78 is 0. The predicted molar refractivity (Wildman–Crippen MR) is 105 cm³/mol. The van der Waals surface area contributed by atoms with E-state index in [1.165, 1.54) is 17.3 Å². The zero-order valence-corrected chi connectivity index (χ0v) is 16.0. The topological polar surface area (TPSA) is 61.9 Å². The van der Waals surface area contributed by atoms with Gasteiger partial charge in [-0.2, -0.15) is 0 Å². The summed E-state index contributed by atoms with van der Waals surface area (Å²) in [4.78, 5) is 18.8. The minimum atomic E-state index is -0.377. The van der Waals surface area contributed by atoms with Gasteiger partial charge in [0.1, 0.15) is 5.25 Å². The number of likely N-dealkylation sites (N-methyl/N-ethyl adjacent to an activating group) is 1. The van der Waals surface area contributed by atoms with Crippen LogP contribution in [-0.2, 0) is 11.2 Å². The lowest BCUT2D eigenvalue weighted by Gasteiger charge is -2.19. The van der Waals surface area contributed by atoms with Crippen molar-refractivity contribution in [2.45, 2.75) is 23.8 Å². The van der Waals surface area contributed by atoms with Gasteiger partial charge in [-0.25, -0.2) is 4.98 Å². The lowest BCUT2D eigenvalue weighted by atomic mass is 10.1. The van der Waals surface area contributed by atoms with Crippen LogP contribution in [0.3, 0.4) is 0 Å². The largest absolute Gasteiger partial charge is 0.348 e. The SMILES string of the molecule is CCc1ccc(-c2nc(SC(C(=O)N(C)C)c3ccccc3)n[nH]2)cc1. The number of benzene rings is 2. The van der Waals surface area contributed by atoms with Crippen LogP contribution >= 0.6 is 11.8 Å². The van der Waals surface area contributed by atoms with Crippen molar-refractivity contribution in [2.24, 2.45) is 0 Å². The normalized spacial score (nSPS) is 12.0.